The predicted molar refractivity (Wildman–Crippen MR) is 142 cm³/mol. The third kappa shape index (κ3) is 2.08. The van der Waals surface area contributed by atoms with Crippen molar-refractivity contribution in [2.75, 3.05) is 0 Å². The highest BCUT2D eigenvalue weighted by molar-refractivity contribution is 6.23. The Morgan fingerprint density at radius 1 is 0.600 bits per heavy atom. The summed E-state index contributed by atoms with van der Waals surface area (Å²) < 4.78 is 2.33. The summed E-state index contributed by atoms with van der Waals surface area (Å²) in [5, 5.41) is 2.52. The highest BCUT2D eigenvalue weighted by Crippen LogP contribution is 2.53. The Hall–Kier alpha value is -4.50. The molecule has 35 heavy (non-hydrogen) atoms. The highest BCUT2D eigenvalue weighted by atomic mass is 15.0. The van der Waals surface area contributed by atoms with Crippen molar-refractivity contribution in [3.63, 3.8) is 0 Å². The molecule has 0 amide bonds. The van der Waals surface area contributed by atoms with E-state index < -0.39 is 0 Å². The highest BCUT2D eigenvalue weighted by Gasteiger charge is 2.34. The number of benzene rings is 4. The zero-order chi connectivity index (χ0) is 22.7. The van der Waals surface area contributed by atoms with Crippen LogP contribution in [0.5, 0.6) is 0 Å². The van der Waals surface area contributed by atoms with Crippen LogP contribution in [0, 0.1) is 0 Å². The molecule has 3 heteroatoms. The number of hydrogen-bond donors (Lipinski definition) is 0. The summed E-state index contributed by atoms with van der Waals surface area (Å²) >= 11 is 0. The second-order valence-electron chi connectivity index (χ2n) is 9.76. The first-order valence-corrected chi connectivity index (χ1v) is 12.2. The molecule has 4 aromatic carbocycles. The van der Waals surface area contributed by atoms with Gasteiger partial charge in [-0.1, -0.05) is 60.7 Å². The van der Waals surface area contributed by atoms with Crippen LogP contribution in [0.15, 0.2) is 91.1 Å². The molecule has 0 atom stereocenters. The van der Waals surface area contributed by atoms with Crippen LogP contribution in [0.2, 0.25) is 0 Å². The van der Waals surface area contributed by atoms with E-state index in [1.165, 1.54) is 55.3 Å². The Bertz CT molecular complexity index is 2060. The van der Waals surface area contributed by atoms with E-state index in [2.05, 4.69) is 83.3 Å². The lowest BCUT2D eigenvalue weighted by Crippen LogP contribution is -1.99. The monoisotopic (exact) mass is 445 g/mol. The number of fused-ring (bicyclic) bond motifs is 17. The van der Waals surface area contributed by atoms with Crippen molar-refractivity contribution in [3.05, 3.63) is 113 Å². The van der Waals surface area contributed by atoms with Crippen LogP contribution < -0.4 is 0 Å². The van der Waals surface area contributed by atoms with Crippen molar-refractivity contribution in [3.8, 4) is 22.3 Å². The van der Waals surface area contributed by atoms with Crippen molar-refractivity contribution in [2.24, 2.45) is 0 Å². The van der Waals surface area contributed by atoms with Gasteiger partial charge in [-0.3, -0.25) is 9.38 Å². The quantitative estimate of drug-likeness (QED) is 0.229. The molecule has 0 N–H and O–H groups in total. The predicted octanol–water partition coefficient (Wildman–Crippen LogP) is 7.33. The minimum atomic E-state index is 0.933. The van der Waals surface area contributed by atoms with Gasteiger partial charge in [0.1, 0.15) is 5.65 Å². The zero-order valence-electron chi connectivity index (χ0n) is 18.9. The fourth-order valence-corrected chi connectivity index (χ4v) is 6.74. The number of pyridine rings is 2. The SMILES string of the molecule is c1ccc2c(c1)Cc1c-2c2c(c3c4ncccc4n4c5ccccc5nc4c13)-c1ccccc1C2. The Labute approximate surface area is 201 Å². The van der Waals surface area contributed by atoms with Crippen molar-refractivity contribution in [1.82, 2.24) is 14.4 Å². The zero-order valence-corrected chi connectivity index (χ0v) is 18.9. The molecular weight excluding hydrogens is 426 g/mol. The number of imidazole rings is 1. The third-order valence-corrected chi connectivity index (χ3v) is 8.06. The maximum Gasteiger partial charge on any atom is 0.146 e. The van der Waals surface area contributed by atoms with Gasteiger partial charge in [-0.2, -0.15) is 0 Å². The fourth-order valence-electron chi connectivity index (χ4n) is 6.74. The first-order chi connectivity index (χ1) is 17.4. The van der Waals surface area contributed by atoms with Crippen LogP contribution in [0.25, 0.3) is 60.7 Å². The molecule has 3 heterocycles. The molecule has 2 aliphatic rings. The Kier molecular flexibility index (Phi) is 3.14. The molecule has 3 nitrogen and oxygen atoms in total. The summed E-state index contributed by atoms with van der Waals surface area (Å²) in [6.07, 6.45) is 3.83. The van der Waals surface area contributed by atoms with E-state index >= 15 is 0 Å². The van der Waals surface area contributed by atoms with E-state index in [0.717, 1.165) is 40.6 Å². The minimum absolute atomic E-state index is 0.933. The molecule has 0 fully saturated rings. The number of rotatable bonds is 0. The van der Waals surface area contributed by atoms with Gasteiger partial charge in [-0.05, 0) is 81.6 Å². The normalized spacial score (nSPS) is 13.5. The Morgan fingerprint density at radius 3 is 2.14 bits per heavy atom. The van der Waals surface area contributed by atoms with E-state index in [4.69, 9.17) is 9.97 Å². The fraction of sp³-hybridized carbons (Fsp3) is 0.0625. The lowest BCUT2D eigenvalue weighted by Gasteiger charge is -2.17. The Morgan fingerprint density at radius 2 is 1.29 bits per heavy atom. The van der Waals surface area contributed by atoms with E-state index in [0.29, 0.717) is 0 Å². The standard InChI is InChI=1S/C32H19N3/c1-3-10-20-18(8-1)17-23-27(20)22-16-19-9-2-4-11-21(19)28(22)30-29(23)32-34-24-12-5-6-13-25(24)35(32)26-14-7-15-33-31(26)30/h1-15H,16-17H2. The number of aromatic nitrogens is 3. The van der Waals surface area contributed by atoms with E-state index in [9.17, 15) is 0 Å². The average Bonchev–Trinajstić information content (AvgIpc) is 3.59. The summed E-state index contributed by atoms with van der Waals surface area (Å²) in [4.78, 5) is 10.3. The summed E-state index contributed by atoms with van der Waals surface area (Å²) in [6.45, 7) is 0. The van der Waals surface area contributed by atoms with E-state index in [1.807, 2.05) is 12.3 Å². The second-order valence-corrected chi connectivity index (χ2v) is 9.76. The number of hydrogen-bond acceptors (Lipinski definition) is 2. The van der Waals surface area contributed by atoms with Gasteiger partial charge >= 0.3 is 0 Å². The van der Waals surface area contributed by atoms with Gasteiger partial charge in [0, 0.05) is 17.0 Å². The molecule has 0 saturated carbocycles. The summed E-state index contributed by atoms with van der Waals surface area (Å²) in [7, 11) is 0. The molecule has 2 aliphatic carbocycles. The molecule has 0 spiro atoms. The summed E-state index contributed by atoms with van der Waals surface area (Å²) in [5.74, 6) is 0. The number of nitrogens with zero attached hydrogens (tertiary/aromatic N) is 3. The molecule has 7 aromatic rings. The number of para-hydroxylation sites is 2. The van der Waals surface area contributed by atoms with Crippen LogP contribution in [0.1, 0.15) is 22.3 Å². The molecule has 162 valence electrons. The van der Waals surface area contributed by atoms with Gasteiger partial charge < -0.3 is 0 Å². The van der Waals surface area contributed by atoms with Gasteiger partial charge in [-0.15, -0.1) is 0 Å². The Balaban J connectivity index is 1.64. The van der Waals surface area contributed by atoms with Crippen LogP contribution in [-0.2, 0) is 12.8 Å². The van der Waals surface area contributed by atoms with Gasteiger partial charge in [0.05, 0.1) is 22.1 Å². The molecule has 0 bridgehead atoms. The molecule has 0 radical (unpaired) electrons. The lowest BCUT2D eigenvalue weighted by molar-refractivity contribution is 1.24. The van der Waals surface area contributed by atoms with Crippen LogP contribution in [0.3, 0.4) is 0 Å². The molecule has 0 saturated heterocycles. The van der Waals surface area contributed by atoms with E-state index in [1.54, 1.807) is 0 Å². The van der Waals surface area contributed by atoms with Crippen molar-refractivity contribution >= 4 is 38.5 Å². The topological polar surface area (TPSA) is 30.2 Å². The van der Waals surface area contributed by atoms with Gasteiger partial charge in [-0.25, -0.2) is 4.98 Å². The molecule has 3 aromatic heterocycles. The van der Waals surface area contributed by atoms with Gasteiger partial charge in [0.15, 0.2) is 0 Å². The summed E-state index contributed by atoms with van der Waals surface area (Å²) in [5.41, 5.74) is 16.5. The third-order valence-electron chi connectivity index (χ3n) is 8.06. The first-order valence-electron chi connectivity index (χ1n) is 12.2. The molecular formula is C32H19N3. The van der Waals surface area contributed by atoms with Crippen LogP contribution >= 0.6 is 0 Å². The van der Waals surface area contributed by atoms with Crippen LogP contribution in [0.4, 0.5) is 0 Å². The second kappa shape index (κ2) is 6.13. The van der Waals surface area contributed by atoms with E-state index in [-0.39, 0.29) is 0 Å². The van der Waals surface area contributed by atoms with Crippen molar-refractivity contribution in [2.45, 2.75) is 12.8 Å². The largest absolute Gasteiger partial charge is 0.290 e. The molecule has 0 unspecified atom stereocenters. The summed E-state index contributed by atoms with van der Waals surface area (Å²) in [6, 6.07) is 30.5. The van der Waals surface area contributed by atoms with Gasteiger partial charge in [0.25, 0.3) is 0 Å². The lowest BCUT2D eigenvalue weighted by atomic mass is 9.88. The van der Waals surface area contributed by atoms with Gasteiger partial charge in [0.2, 0.25) is 0 Å². The van der Waals surface area contributed by atoms with Crippen molar-refractivity contribution in [1.29, 1.82) is 0 Å². The maximum absolute atomic E-state index is 5.25. The maximum atomic E-state index is 5.25. The average molecular weight is 446 g/mol. The minimum Gasteiger partial charge on any atom is -0.290 e. The molecule has 9 rings (SSSR count). The van der Waals surface area contributed by atoms with Crippen molar-refractivity contribution < 1.29 is 0 Å². The smallest absolute Gasteiger partial charge is 0.146 e. The molecule has 0 aliphatic heterocycles. The van der Waals surface area contributed by atoms with Crippen LogP contribution in [-0.4, -0.2) is 14.4 Å². The first kappa shape index (κ1) is 17.9.